The number of aromatic hydroxyl groups is 2. The van der Waals surface area contributed by atoms with Crippen LogP contribution in [0, 0.1) is 0 Å². The highest BCUT2D eigenvalue weighted by atomic mass is 16.6. The van der Waals surface area contributed by atoms with Crippen molar-refractivity contribution in [1.29, 1.82) is 0 Å². The lowest BCUT2D eigenvalue weighted by molar-refractivity contribution is -0.166. The maximum absolute atomic E-state index is 12.0. The summed E-state index contributed by atoms with van der Waals surface area (Å²) >= 11 is 0. The van der Waals surface area contributed by atoms with Crippen LogP contribution in [-0.4, -0.2) is 38.0 Å². The van der Waals surface area contributed by atoms with E-state index in [1.165, 1.54) is 48.5 Å². The average Bonchev–Trinajstić information content (AvgIpc) is 2.83. The van der Waals surface area contributed by atoms with Crippen molar-refractivity contribution in [3.05, 3.63) is 65.4 Å². The van der Waals surface area contributed by atoms with Gasteiger partial charge in [0.1, 0.15) is 11.5 Å². The van der Waals surface area contributed by atoms with E-state index < -0.39 is 23.3 Å². The van der Waals surface area contributed by atoms with Gasteiger partial charge in [-0.05, 0) is 35.4 Å². The van der Waals surface area contributed by atoms with Crippen LogP contribution in [0.4, 0.5) is 0 Å². The number of phenols is 2. The van der Waals surface area contributed by atoms with Crippen LogP contribution < -0.4 is 0 Å². The first-order chi connectivity index (χ1) is 11.8. The van der Waals surface area contributed by atoms with E-state index in [4.69, 9.17) is 4.74 Å². The highest BCUT2D eigenvalue weighted by Crippen LogP contribution is 2.42. The lowest BCUT2D eigenvalue weighted by Crippen LogP contribution is -2.43. The number of rotatable bonds is 4. The van der Waals surface area contributed by atoms with Crippen LogP contribution in [0.1, 0.15) is 11.1 Å². The van der Waals surface area contributed by atoms with Gasteiger partial charge in [0, 0.05) is 6.42 Å². The van der Waals surface area contributed by atoms with Crippen LogP contribution in [0.5, 0.6) is 11.5 Å². The largest absolute Gasteiger partial charge is 0.508 e. The Morgan fingerprint density at radius 2 is 1.44 bits per heavy atom. The Bertz CT molecular complexity index is 865. The van der Waals surface area contributed by atoms with Crippen LogP contribution in [0.15, 0.2) is 54.3 Å². The minimum Gasteiger partial charge on any atom is -0.508 e. The summed E-state index contributed by atoms with van der Waals surface area (Å²) < 4.78 is 5.07. The molecule has 0 aromatic heterocycles. The first kappa shape index (κ1) is 16.4. The van der Waals surface area contributed by atoms with Gasteiger partial charge in [0.15, 0.2) is 0 Å². The van der Waals surface area contributed by atoms with Gasteiger partial charge < -0.3 is 25.2 Å². The third kappa shape index (κ3) is 2.76. The summed E-state index contributed by atoms with van der Waals surface area (Å²) in [5, 5.41) is 38.7. The van der Waals surface area contributed by atoms with Crippen LogP contribution >= 0.6 is 0 Å². The van der Waals surface area contributed by atoms with Crippen molar-refractivity contribution in [2.75, 3.05) is 0 Å². The van der Waals surface area contributed by atoms with E-state index in [9.17, 15) is 30.0 Å². The molecule has 0 unspecified atom stereocenters. The molecule has 1 aliphatic rings. The Balaban J connectivity index is 2.13. The lowest BCUT2D eigenvalue weighted by Gasteiger charge is -2.26. The van der Waals surface area contributed by atoms with E-state index in [0.29, 0.717) is 5.56 Å². The second-order valence-corrected chi connectivity index (χ2v) is 5.64. The minimum absolute atomic E-state index is 0.00805. The maximum atomic E-state index is 12.0. The fraction of sp³-hybridized carbons (Fsp3) is 0.111. The van der Waals surface area contributed by atoms with E-state index in [1.54, 1.807) is 0 Å². The fourth-order valence-corrected chi connectivity index (χ4v) is 2.80. The summed E-state index contributed by atoms with van der Waals surface area (Å²) in [5.41, 5.74) is -1.57. The number of aliphatic carboxylic acids is 1. The van der Waals surface area contributed by atoms with Crippen molar-refractivity contribution in [3.8, 4) is 11.5 Å². The third-order valence-corrected chi connectivity index (χ3v) is 3.99. The van der Waals surface area contributed by atoms with Crippen molar-refractivity contribution >= 4 is 17.5 Å². The molecule has 0 bridgehead atoms. The summed E-state index contributed by atoms with van der Waals surface area (Å²) in [6.45, 7) is 0. The lowest BCUT2D eigenvalue weighted by atomic mass is 9.83. The van der Waals surface area contributed by atoms with Gasteiger partial charge in [-0.25, -0.2) is 9.59 Å². The molecule has 1 heterocycles. The Labute approximate surface area is 142 Å². The van der Waals surface area contributed by atoms with Crippen molar-refractivity contribution in [3.63, 3.8) is 0 Å². The van der Waals surface area contributed by atoms with E-state index in [-0.39, 0.29) is 29.1 Å². The summed E-state index contributed by atoms with van der Waals surface area (Å²) in [6.07, 6.45) is -0.241. The van der Waals surface area contributed by atoms with E-state index >= 15 is 0 Å². The maximum Gasteiger partial charge on any atom is 0.375 e. The molecule has 25 heavy (non-hydrogen) atoms. The molecule has 2 aromatic carbocycles. The normalized spacial score (nSPS) is 19.8. The number of hydrogen-bond donors (Lipinski definition) is 4. The molecule has 4 N–H and O–H groups in total. The molecule has 1 atom stereocenters. The smallest absolute Gasteiger partial charge is 0.375 e. The number of hydrogen-bond acceptors (Lipinski definition) is 6. The predicted octanol–water partition coefficient (Wildman–Crippen LogP) is 1.99. The van der Waals surface area contributed by atoms with Crippen LogP contribution in [0.25, 0.3) is 5.57 Å². The molecule has 0 saturated carbocycles. The highest BCUT2D eigenvalue weighted by molar-refractivity contribution is 6.10. The summed E-state index contributed by atoms with van der Waals surface area (Å²) in [5.74, 6) is -3.40. The number of cyclic esters (lactones) is 1. The minimum atomic E-state index is -2.12. The number of carbonyl (C=O) groups is 2. The second-order valence-electron chi connectivity index (χ2n) is 5.64. The quantitative estimate of drug-likeness (QED) is 0.626. The number of aliphatic hydroxyl groups excluding tert-OH is 1. The fourth-order valence-electron chi connectivity index (χ4n) is 2.80. The van der Waals surface area contributed by atoms with E-state index in [2.05, 4.69) is 0 Å². The molecule has 1 aliphatic heterocycles. The van der Waals surface area contributed by atoms with Gasteiger partial charge in [-0.2, -0.15) is 0 Å². The average molecular weight is 342 g/mol. The van der Waals surface area contributed by atoms with Crippen molar-refractivity contribution in [1.82, 2.24) is 0 Å². The number of carboxylic acids is 1. The van der Waals surface area contributed by atoms with Gasteiger partial charge in [-0.1, -0.05) is 24.3 Å². The Hall–Kier alpha value is -3.48. The van der Waals surface area contributed by atoms with E-state index in [0.717, 1.165) is 0 Å². The molecule has 0 fully saturated rings. The zero-order valence-electron chi connectivity index (χ0n) is 12.8. The first-order valence-corrected chi connectivity index (χ1v) is 7.31. The standard InChI is InChI=1S/C18H14O7/c19-12-5-1-10(2-6-12)9-18(17(23)24)14(15(21)16(22)25-18)11-3-7-13(20)8-4-11/h1-8,19-21H,9H2,(H,23,24)/t18-/m0/s1. The van der Waals surface area contributed by atoms with Gasteiger partial charge in [0.2, 0.25) is 11.4 Å². The first-order valence-electron chi connectivity index (χ1n) is 7.31. The van der Waals surface area contributed by atoms with Crippen LogP contribution in [0.2, 0.25) is 0 Å². The molecule has 3 rings (SSSR count). The van der Waals surface area contributed by atoms with Gasteiger partial charge in [0.25, 0.3) is 0 Å². The molecular formula is C18H14O7. The number of aliphatic hydroxyl groups is 1. The second kappa shape index (κ2) is 5.86. The summed E-state index contributed by atoms with van der Waals surface area (Å²) in [7, 11) is 0. The third-order valence-electron chi connectivity index (χ3n) is 3.99. The zero-order chi connectivity index (χ0) is 18.2. The summed E-state index contributed by atoms with van der Waals surface area (Å²) in [6, 6.07) is 11.2. The number of benzene rings is 2. The molecule has 7 nitrogen and oxygen atoms in total. The van der Waals surface area contributed by atoms with Gasteiger partial charge >= 0.3 is 11.9 Å². The van der Waals surface area contributed by atoms with E-state index in [1.807, 2.05) is 0 Å². The predicted molar refractivity (Wildman–Crippen MR) is 85.9 cm³/mol. The molecule has 7 heteroatoms. The van der Waals surface area contributed by atoms with Gasteiger partial charge in [-0.3, -0.25) is 0 Å². The molecular weight excluding hydrogens is 328 g/mol. The molecule has 0 spiro atoms. The number of carboxylic acid groups (broad SMARTS) is 1. The molecule has 2 aromatic rings. The molecule has 0 amide bonds. The molecule has 128 valence electrons. The van der Waals surface area contributed by atoms with Crippen molar-refractivity contribution in [2.24, 2.45) is 0 Å². The zero-order valence-corrected chi connectivity index (χ0v) is 12.8. The number of ether oxygens (including phenoxy) is 1. The number of phenolic OH excluding ortho intramolecular Hbond substituents is 2. The topological polar surface area (TPSA) is 124 Å². The summed E-state index contributed by atoms with van der Waals surface area (Å²) in [4.78, 5) is 23.9. The Morgan fingerprint density at radius 1 is 0.920 bits per heavy atom. The number of carbonyl (C=O) groups excluding carboxylic acids is 1. The Morgan fingerprint density at radius 3 is 1.96 bits per heavy atom. The monoisotopic (exact) mass is 342 g/mol. The molecule has 0 saturated heterocycles. The molecule has 0 aliphatic carbocycles. The SMILES string of the molecule is O=C1O[C@](Cc2ccc(O)cc2)(C(=O)O)C(c2ccc(O)cc2)=C1O. The van der Waals surface area contributed by atoms with Crippen molar-refractivity contribution in [2.45, 2.75) is 12.0 Å². The van der Waals surface area contributed by atoms with Gasteiger partial charge in [-0.15, -0.1) is 0 Å². The van der Waals surface area contributed by atoms with Crippen LogP contribution in [0.3, 0.4) is 0 Å². The Kier molecular flexibility index (Phi) is 3.84. The molecule has 0 radical (unpaired) electrons. The number of esters is 1. The van der Waals surface area contributed by atoms with Crippen molar-refractivity contribution < 1.29 is 34.8 Å². The van der Waals surface area contributed by atoms with Crippen LogP contribution in [-0.2, 0) is 20.7 Å². The highest BCUT2D eigenvalue weighted by Gasteiger charge is 2.55. The van der Waals surface area contributed by atoms with Gasteiger partial charge in [0.05, 0.1) is 5.57 Å².